The summed E-state index contributed by atoms with van der Waals surface area (Å²) in [5.74, 6) is 0.858. The van der Waals surface area contributed by atoms with Crippen LogP contribution in [0.4, 0.5) is 5.69 Å². The molecule has 0 atom stereocenters. The van der Waals surface area contributed by atoms with Crippen LogP contribution in [0.2, 0.25) is 0 Å². The number of anilines is 1. The van der Waals surface area contributed by atoms with Crippen LogP contribution in [0.25, 0.3) is 0 Å². The van der Waals surface area contributed by atoms with Crippen molar-refractivity contribution in [3.8, 4) is 0 Å². The highest BCUT2D eigenvalue weighted by Gasteiger charge is 2.23. The summed E-state index contributed by atoms with van der Waals surface area (Å²) in [4.78, 5) is 30.5. The van der Waals surface area contributed by atoms with Gasteiger partial charge in [-0.15, -0.1) is 0 Å². The van der Waals surface area contributed by atoms with E-state index in [4.69, 9.17) is 9.15 Å². The number of furan rings is 1. The van der Waals surface area contributed by atoms with Gasteiger partial charge in [0.15, 0.2) is 0 Å². The number of hydrogen-bond donors (Lipinski definition) is 0. The second-order valence-electron chi connectivity index (χ2n) is 7.55. The van der Waals surface area contributed by atoms with Gasteiger partial charge in [-0.3, -0.25) is 9.69 Å². The summed E-state index contributed by atoms with van der Waals surface area (Å²) in [7, 11) is 3.22. The molecular formula is C22H29N3O4. The third-order valence-corrected chi connectivity index (χ3v) is 5.20. The maximum absolute atomic E-state index is 12.7. The molecule has 1 aromatic carbocycles. The first-order chi connectivity index (χ1) is 13.9. The van der Waals surface area contributed by atoms with Crippen LogP contribution in [0, 0.1) is 13.8 Å². The van der Waals surface area contributed by atoms with Gasteiger partial charge in [0.05, 0.1) is 20.2 Å². The highest BCUT2D eigenvalue weighted by atomic mass is 16.5. The third-order valence-electron chi connectivity index (χ3n) is 5.20. The minimum Gasteiger partial charge on any atom is -0.465 e. The summed E-state index contributed by atoms with van der Waals surface area (Å²) in [6, 6.07) is 10.1. The Hall–Kier alpha value is -2.80. The molecule has 1 aliphatic heterocycles. The number of methoxy groups -OCH3 is 1. The fourth-order valence-electron chi connectivity index (χ4n) is 3.63. The molecule has 0 N–H and O–H groups in total. The van der Waals surface area contributed by atoms with Crippen molar-refractivity contribution in [2.75, 3.05) is 51.8 Å². The lowest BCUT2D eigenvalue weighted by Gasteiger charge is -2.36. The zero-order valence-corrected chi connectivity index (χ0v) is 17.6. The van der Waals surface area contributed by atoms with Crippen molar-refractivity contribution < 1.29 is 18.7 Å². The molecule has 2 heterocycles. The highest BCUT2D eigenvalue weighted by Crippen LogP contribution is 2.19. The van der Waals surface area contributed by atoms with E-state index in [1.54, 1.807) is 13.0 Å². The Morgan fingerprint density at radius 3 is 2.52 bits per heavy atom. The number of aryl methyl sites for hydroxylation is 2. The van der Waals surface area contributed by atoms with Crippen molar-refractivity contribution in [1.29, 1.82) is 0 Å². The van der Waals surface area contributed by atoms with Crippen molar-refractivity contribution in [1.82, 2.24) is 9.80 Å². The van der Waals surface area contributed by atoms with E-state index in [1.165, 1.54) is 18.4 Å². The summed E-state index contributed by atoms with van der Waals surface area (Å²) in [6.45, 7) is 7.67. The number of ether oxygens (including phenoxy) is 1. The number of carbonyl (C=O) groups excluding carboxylic acids is 2. The van der Waals surface area contributed by atoms with Gasteiger partial charge in [-0.1, -0.05) is 12.1 Å². The van der Waals surface area contributed by atoms with Gasteiger partial charge in [-0.25, -0.2) is 4.79 Å². The molecule has 2 aromatic rings. The lowest BCUT2D eigenvalue weighted by molar-refractivity contribution is -0.132. The van der Waals surface area contributed by atoms with Gasteiger partial charge < -0.3 is 19.0 Å². The first-order valence-electron chi connectivity index (χ1n) is 9.83. The molecule has 0 unspecified atom stereocenters. The van der Waals surface area contributed by atoms with Crippen molar-refractivity contribution in [2.24, 2.45) is 0 Å². The van der Waals surface area contributed by atoms with Gasteiger partial charge in [-0.05, 0) is 44.7 Å². The largest absolute Gasteiger partial charge is 0.465 e. The molecule has 1 aromatic heterocycles. The van der Waals surface area contributed by atoms with Gasteiger partial charge in [0, 0.05) is 31.9 Å². The Balaban J connectivity index is 1.50. The molecule has 1 amide bonds. The molecule has 1 fully saturated rings. The van der Waals surface area contributed by atoms with Crippen molar-refractivity contribution in [3.63, 3.8) is 0 Å². The maximum Gasteiger partial charge on any atom is 0.341 e. The average Bonchev–Trinajstić information content (AvgIpc) is 3.07. The number of rotatable bonds is 6. The van der Waals surface area contributed by atoms with Gasteiger partial charge in [-0.2, -0.15) is 0 Å². The Morgan fingerprint density at radius 1 is 1.14 bits per heavy atom. The Bertz CT molecular complexity index is 869. The summed E-state index contributed by atoms with van der Waals surface area (Å²) >= 11 is 0. The zero-order valence-electron chi connectivity index (χ0n) is 17.6. The molecule has 0 saturated carbocycles. The first kappa shape index (κ1) is 20.9. The van der Waals surface area contributed by atoms with Gasteiger partial charge in [0.25, 0.3) is 0 Å². The molecule has 1 aliphatic rings. The van der Waals surface area contributed by atoms with E-state index in [0.717, 1.165) is 13.1 Å². The molecule has 156 valence electrons. The van der Waals surface area contributed by atoms with Crippen LogP contribution in [-0.4, -0.2) is 68.6 Å². The van der Waals surface area contributed by atoms with E-state index in [-0.39, 0.29) is 5.91 Å². The van der Waals surface area contributed by atoms with E-state index < -0.39 is 5.97 Å². The van der Waals surface area contributed by atoms with Gasteiger partial charge >= 0.3 is 5.97 Å². The fraction of sp³-hybridized carbons (Fsp3) is 0.455. The summed E-state index contributed by atoms with van der Waals surface area (Å²) in [5.41, 5.74) is 2.88. The molecule has 1 saturated heterocycles. The van der Waals surface area contributed by atoms with Crippen molar-refractivity contribution in [2.45, 2.75) is 20.4 Å². The molecule has 0 aliphatic carbocycles. The smallest absolute Gasteiger partial charge is 0.341 e. The van der Waals surface area contributed by atoms with Crippen LogP contribution in [0.15, 0.2) is 34.7 Å². The van der Waals surface area contributed by atoms with E-state index in [1.807, 2.05) is 16.8 Å². The average molecular weight is 399 g/mol. The Morgan fingerprint density at radius 2 is 1.86 bits per heavy atom. The van der Waals surface area contributed by atoms with E-state index in [9.17, 15) is 9.59 Å². The number of carbonyl (C=O) groups is 2. The van der Waals surface area contributed by atoms with Crippen LogP contribution in [0.1, 0.15) is 27.4 Å². The van der Waals surface area contributed by atoms with Crippen LogP contribution in [-0.2, 0) is 16.1 Å². The third kappa shape index (κ3) is 5.17. The molecule has 0 bridgehead atoms. The predicted molar refractivity (Wildman–Crippen MR) is 111 cm³/mol. The standard InChI is InChI=1S/C22H29N3O4/c1-16-6-5-7-18(12-16)24-8-10-25(11-9-24)21(26)15-23(3)14-19-13-20(17(2)29-19)22(27)28-4/h5-7,12-13H,8-11,14-15H2,1-4H3. The quantitative estimate of drug-likeness (QED) is 0.696. The lowest BCUT2D eigenvalue weighted by atomic mass is 10.2. The topological polar surface area (TPSA) is 66.2 Å². The molecule has 3 rings (SSSR count). The molecular weight excluding hydrogens is 370 g/mol. The fourth-order valence-corrected chi connectivity index (χ4v) is 3.63. The number of piperazine rings is 1. The molecule has 7 nitrogen and oxygen atoms in total. The number of likely N-dealkylation sites (N-methyl/N-ethyl adjacent to an activating group) is 1. The van der Waals surface area contributed by atoms with Crippen LogP contribution in [0.5, 0.6) is 0 Å². The van der Waals surface area contributed by atoms with E-state index in [0.29, 0.717) is 43.3 Å². The molecule has 0 radical (unpaired) electrons. The van der Waals surface area contributed by atoms with Crippen LogP contribution >= 0.6 is 0 Å². The van der Waals surface area contributed by atoms with E-state index >= 15 is 0 Å². The van der Waals surface area contributed by atoms with Crippen LogP contribution < -0.4 is 4.90 Å². The molecule has 0 spiro atoms. The monoisotopic (exact) mass is 399 g/mol. The van der Waals surface area contributed by atoms with Crippen LogP contribution in [0.3, 0.4) is 0 Å². The van der Waals surface area contributed by atoms with E-state index in [2.05, 4.69) is 36.1 Å². The summed E-state index contributed by atoms with van der Waals surface area (Å²) in [5, 5.41) is 0. The number of benzene rings is 1. The normalized spacial score (nSPS) is 14.4. The van der Waals surface area contributed by atoms with Crippen molar-refractivity contribution in [3.05, 3.63) is 53.0 Å². The highest BCUT2D eigenvalue weighted by molar-refractivity contribution is 5.90. The number of amides is 1. The first-order valence-corrected chi connectivity index (χ1v) is 9.83. The number of hydrogen-bond acceptors (Lipinski definition) is 6. The molecule has 7 heteroatoms. The number of nitrogens with zero attached hydrogens (tertiary/aromatic N) is 3. The minimum absolute atomic E-state index is 0.105. The Labute approximate surface area is 171 Å². The maximum atomic E-state index is 12.7. The number of esters is 1. The molecule has 29 heavy (non-hydrogen) atoms. The van der Waals surface area contributed by atoms with Crippen molar-refractivity contribution >= 4 is 17.6 Å². The minimum atomic E-state index is -0.414. The Kier molecular flexibility index (Phi) is 6.59. The lowest BCUT2D eigenvalue weighted by Crippen LogP contribution is -2.51. The SMILES string of the molecule is COC(=O)c1cc(CN(C)CC(=O)N2CCN(c3cccc(C)c3)CC2)oc1C. The second kappa shape index (κ2) is 9.13. The summed E-state index contributed by atoms with van der Waals surface area (Å²) in [6.07, 6.45) is 0. The zero-order chi connectivity index (χ0) is 21.0. The summed E-state index contributed by atoms with van der Waals surface area (Å²) < 4.78 is 10.4. The second-order valence-corrected chi connectivity index (χ2v) is 7.55. The van der Waals surface area contributed by atoms with Gasteiger partial charge in [0.2, 0.25) is 5.91 Å². The van der Waals surface area contributed by atoms with Gasteiger partial charge in [0.1, 0.15) is 17.1 Å². The predicted octanol–water partition coefficient (Wildman–Crippen LogP) is 2.46.